The second-order valence-corrected chi connectivity index (χ2v) is 7.17. The van der Waals surface area contributed by atoms with Gasteiger partial charge in [-0.2, -0.15) is 8.42 Å². The number of rotatable bonds is 12. The summed E-state index contributed by atoms with van der Waals surface area (Å²) in [6.45, 7) is 3.85. The molecule has 0 aliphatic heterocycles. The molecule has 2 unspecified atom stereocenters. The van der Waals surface area contributed by atoms with Crippen molar-refractivity contribution in [3.8, 4) is 0 Å². The average molecular weight is 294 g/mol. The van der Waals surface area contributed by atoms with E-state index in [1.807, 2.05) is 0 Å². The number of hydrogen-bond acceptors (Lipinski definition) is 3. The number of hydrogen-bond donors (Lipinski definition) is 2. The highest BCUT2D eigenvalue weighted by molar-refractivity contribution is 7.86. The van der Waals surface area contributed by atoms with Crippen LogP contribution in [-0.4, -0.2) is 29.4 Å². The van der Waals surface area contributed by atoms with Crippen LogP contribution in [0.15, 0.2) is 0 Å². The Morgan fingerprint density at radius 2 is 1.37 bits per heavy atom. The molecule has 0 aliphatic carbocycles. The molecule has 2 atom stereocenters. The number of unbranched alkanes of at least 4 members (excludes halogenated alkanes) is 5. The zero-order valence-electron chi connectivity index (χ0n) is 12.3. The summed E-state index contributed by atoms with van der Waals surface area (Å²) < 4.78 is 31.7. The molecule has 4 nitrogen and oxygen atoms in total. The molecule has 0 aromatic rings. The summed E-state index contributed by atoms with van der Waals surface area (Å²) in [5, 5.41) is 8.52. The normalized spacial score (nSPS) is 15.4. The third-order valence-electron chi connectivity index (χ3n) is 3.45. The van der Waals surface area contributed by atoms with Gasteiger partial charge in [-0.05, 0) is 26.2 Å². The molecule has 0 aromatic heterocycles. The van der Waals surface area contributed by atoms with Gasteiger partial charge in [-0.15, -0.1) is 0 Å². The molecule has 0 saturated heterocycles. The van der Waals surface area contributed by atoms with Crippen LogP contribution in [0.3, 0.4) is 0 Å². The van der Waals surface area contributed by atoms with Gasteiger partial charge in [-0.1, -0.05) is 51.9 Å². The van der Waals surface area contributed by atoms with E-state index >= 15 is 0 Å². The lowest BCUT2D eigenvalue weighted by Gasteiger charge is -2.13. The molecule has 0 bridgehead atoms. The Morgan fingerprint density at radius 3 is 1.79 bits per heavy atom. The van der Waals surface area contributed by atoms with E-state index in [4.69, 9.17) is 5.11 Å². The average Bonchev–Trinajstić information content (AvgIpc) is 2.29. The number of aliphatic hydroxyl groups excluding tert-OH is 1. The Bertz CT molecular complexity index is 299. The molecule has 0 rings (SSSR count). The summed E-state index contributed by atoms with van der Waals surface area (Å²) >= 11 is 0. The van der Waals surface area contributed by atoms with Gasteiger partial charge in [-0.3, -0.25) is 4.55 Å². The van der Waals surface area contributed by atoms with E-state index in [2.05, 4.69) is 6.92 Å². The van der Waals surface area contributed by atoms with Crippen molar-refractivity contribution >= 4 is 10.1 Å². The first kappa shape index (κ1) is 18.9. The molecule has 116 valence electrons. The molecule has 5 heteroatoms. The fraction of sp³-hybridized carbons (Fsp3) is 1.00. The van der Waals surface area contributed by atoms with Crippen molar-refractivity contribution in [1.82, 2.24) is 0 Å². The quantitative estimate of drug-likeness (QED) is 0.426. The van der Waals surface area contributed by atoms with Crippen LogP contribution in [0.2, 0.25) is 0 Å². The predicted octanol–water partition coefficient (Wildman–Crippen LogP) is 3.54. The predicted molar refractivity (Wildman–Crippen MR) is 78.9 cm³/mol. The van der Waals surface area contributed by atoms with Crippen LogP contribution in [0.5, 0.6) is 0 Å². The maximum absolute atomic E-state index is 11.3. The SMILES string of the molecule is CCCCCC(CCCCCCC(C)O)S(=O)(=O)O. The van der Waals surface area contributed by atoms with Crippen LogP contribution in [0.1, 0.15) is 78.1 Å². The highest BCUT2D eigenvalue weighted by atomic mass is 32.2. The van der Waals surface area contributed by atoms with E-state index in [-0.39, 0.29) is 6.10 Å². The molecule has 0 spiro atoms. The summed E-state index contributed by atoms with van der Waals surface area (Å²) in [4.78, 5) is 0. The maximum Gasteiger partial charge on any atom is 0.267 e. The second kappa shape index (κ2) is 10.6. The largest absolute Gasteiger partial charge is 0.393 e. The summed E-state index contributed by atoms with van der Waals surface area (Å²) in [5.74, 6) is 0. The van der Waals surface area contributed by atoms with Gasteiger partial charge in [0, 0.05) is 0 Å². The zero-order valence-corrected chi connectivity index (χ0v) is 13.2. The lowest BCUT2D eigenvalue weighted by atomic mass is 10.0. The van der Waals surface area contributed by atoms with Gasteiger partial charge in [0.25, 0.3) is 10.1 Å². The molecule has 0 aromatic carbocycles. The van der Waals surface area contributed by atoms with Crippen LogP contribution >= 0.6 is 0 Å². The third kappa shape index (κ3) is 11.4. The molecular weight excluding hydrogens is 264 g/mol. The van der Waals surface area contributed by atoms with Gasteiger partial charge in [0.1, 0.15) is 0 Å². The standard InChI is InChI=1S/C14H30O4S/c1-3-4-7-11-14(19(16,17)18)12-9-6-5-8-10-13(2)15/h13-15H,3-12H2,1-2H3,(H,16,17,18). The van der Waals surface area contributed by atoms with E-state index < -0.39 is 15.4 Å². The van der Waals surface area contributed by atoms with Crippen LogP contribution in [-0.2, 0) is 10.1 Å². The van der Waals surface area contributed by atoms with Gasteiger partial charge < -0.3 is 5.11 Å². The molecular formula is C14H30O4S. The molecule has 0 aliphatic rings. The lowest BCUT2D eigenvalue weighted by molar-refractivity contribution is 0.180. The molecule has 0 heterocycles. The Labute approximate surface area is 118 Å². The summed E-state index contributed by atoms with van der Waals surface area (Å²) in [7, 11) is -3.89. The van der Waals surface area contributed by atoms with E-state index in [0.29, 0.717) is 12.8 Å². The minimum Gasteiger partial charge on any atom is -0.393 e. The zero-order chi connectivity index (χ0) is 14.7. The highest BCUT2D eigenvalue weighted by Gasteiger charge is 2.21. The van der Waals surface area contributed by atoms with Crippen molar-refractivity contribution in [3.05, 3.63) is 0 Å². The molecule has 0 saturated carbocycles. The minimum atomic E-state index is -3.89. The Kier molecular flexibility index (Phi) is 10.6. The third-order valence-corrected chi connectivity index (χ3v) is 4.76. The van der Waals surface area contributed by atoms with Crippen LogP contribution in [0.4, 0.5) is 0 Å². The smallest absolute Gasteiger partial charge is 0.267 e. The van der Waals surface area contributed by atoms with Crippen LogP contribution in [0.25, 0.3) is 0 Å². The first-order valence-electron chi connectivity index (χ1n) is 7.52. The molecule has 0 radical (unpaired) electrons. The first-order valence-corrected chi connectivity index (χ1v) is 9.02. The van der Waals surface area contributed by atoms with Crippen molar-refractivity contribution in [3.63, 3.8) is 0 Å². The van der Waals surface area contributed by atoms with E-state index in [9.17, 15) is 13.0 Å². The summed E-state index contributed by atoms with van der Waals surface area (Å²) in [5.41, 5.74) is 0. The fourth-order valence-corrected chi connectivity index (χ4v) is 3.16. The van der Waals surface area contributed by atoms with E-state index in [1.165, 1.54) is 0 Å². The van der Waals surface area contributed by atoms with E-state index in [1.54, 1.807) is 6.92 Å². The van der Waals surface area contributed by atoms with Crippen LogP contribution in [0, 0.1) is 0 Å². The molecule has 0 fully saturated rings. The van der Waals surface area contributed by atoms with Crippen molar-refractivity contribution in [1.29, 1.82) is 0 Å². The topological polar surface area (TPSA) is 74.6 Å². The van der Waals surface area contributed by atoms with Crippen molar-refractivity contribution in [2.24, 2.45) is 0 Å². The van der Waals surface area contributed by atoms with Gasteiger partial charge >= 0.3 is 0 Å². The van der Waals surface area contributed by atoms with Gasteiger partial charge in [-0.25, -0.2) is 0 Å². The van der Waals surface area contributed by atoms with E-state index in [0.717, 1.165) is 51.4 Å². The minimum absolute atomic E-state index is 0.250. The Hall–Kier alpha value is -0.130. The van der Waals surface area contributed by atoms with Gasteiger partial charge in [0.05, 0.1) is 11.4 Å². The second-order valence-electron chi connectivity index (χ2n) is 5.47. The number of aliphatic hydroxyl groups is 1. The molecule has 19 heavy (non-hydrogen) atoms. The summed E-state index contributed by atoms with van der Waals surface area (Å²) in [6.07, 6.45) is 8.39. The Balaban J connectivity index is 3.81. The fourth-order valence-electron chi connectivity index (χ4n) is 2.23. The van der Waals surface area contributed by atoms with Gasteiger partial charge in [0.2, 0.25) is 0 Å². The van der Waals surface area contributed by atoms with Gasteiger partial charge in [0.15, 0.2) is 0 Å². The van der Waals surface area contributed by atoms with Crippen molar-refractivity contribution < 1.29 is 18.1 Å². The first-order chi connectivity index (χ1) is 8.88. The lowest BCUT2D eigenvalue weighted by Crippen LogP contribution is -2.20. The molecule has 0 amide bonds. The Morgan fingerprint density at radius 1 is 0.895 bits per heavy atom. The van der Waals surface area contributed by atoms with Crippen molar-refractivity contribution in [2.75, 3.05) is 0 Å². The monoisotopic (exact) mass is 294 g/mol. The van der Waals surface area contributed by atoms with Crippen molar-refractivity contribution in [2.45, 2.75) is 89.4 Å². The highest BCUT2D eigenvalue weighted by Crippen LogP contribution is 2.18. The molecule has 2 N–H and O–H groups in total. The maximum atomic E-state index is 11.3. The summed E-state index contributed by atoms with van der Waals surface area (Å²) in [6, 6.07) is 0. The van der Waals surface area contributed by atoms with Crippen LogP contribution < -0.4 is 0 Å².